The third-order valence-corrected chi connectivity index (χ3v) is 2.71. The van der Waals surface area contributed by atoms with Gasteiger partial charge in [0.05, 0.1) is 22.4 Å². The molecular formula is C14H10F3N3O2. The smallest absolute Gasteiger partial charge is 0.278 e. The summed E-state index contributed by atoms with van der Waals surface area (Å²) in [6, 6.07) is 10.5. The number of nitrogens with zero attached hydrogens (tertiary/aromatic N) is 2. The van der Waals surface area contributed by atoms with Gasteiger partial charge in [0.2, 0.25) is 0 Å². The summed E-state index contributed by atoms with van der Waals surface area (Å²) in [5.74, 6) is 0. The molecule has 8 heteroatoms. The van der Waals surface area contributed by atoms with E-state index in [2.05, 4.69) is 10.5 Å². The number of nitro groups is 1. The highest BCUT2D eigenvalue weighted by molar-refractivity contribution is 5.81. The second kappa shape index (κ2) is 6.25. The standard InChI is InChI=1S/C14H10F3N3O2/c15-14(16,17)12-6-1-2-7-13(12)19-18-9-10-4-3-5-11(8-10)20(21)22/h1-9,19H/b18-9+. The molecule has 0 bridgehead atoms. The summed E-state index contributed by atoms with van der Waals surface area (Å²) in [5.41, 5.74) is 1.53. The Hall–Kier alpha value is -2.90. The Morgan fingerprint density at radius 2 is 1.86 bits per heavy atom. The summed E-state index contributed by atoms with van der Waals surface area (Å²) in [7, 11) is 0. The molecule has 0 aliphatic heterocycles. The molecule has 1 N–H and O–H groups in total. The zero-order chi connectivity index (χ0) is 16.2. The molecule has 2 aromatic rings. The molecule has 0 aliphatic rings. The second-order valence-corrected chi connectivity index (χ2v) is 4.27. The van der Waals surface area contributed by atoms with Gasteiger partial charge in [0.15, 0.2) is 0 Å². The topological polar surface area (TPSA) is 67.5 Å². The predicted octanol–water partition coefficient (Wildman–Crippen LogP) is 4.06. The number of nitro benzene ring substituents is 1. The molecule has 0 aromatic heterocycles. The maximum Gasteiger partial charge on any atom is 0.418 e. The SMILES string of the molecule is O=[N+]([O-])c1cccc(/C=N/Nc2ccccc2C(F)(F)F)c1. The molecular weight excluding hydrogens is 299 g/mol. The highest BCUT2D eigenvalue weighted by atomic mass is 19.4. The molecule has 0 fully saturated rings. The number of rotatable bonds is 4. The predicted molar refractivity (Wildman–Crippen MR) is 75.8 cm³/mol. The molecule has 22 heavy (non-hydrogen) atoms. The van der Waals surface area contributed by atoms with E-state index in [4.69, 9.17) is 0 Å². The van der Waals surface area contributed by atoms with Gasteiger partial charge in [-0.25, -0.2) is 0 Å². The third kappa shape index (κ3) is 3.81. The van der Waals surface area contributed by atoms with E-state index in [1.807, 2.05) is 0 Å². The maximum atomic E-state index is 12.8. The van der Waals surface area contributed by atoms with Crippen LogP contribution >= 0.6 is 0 Å². The average Bonchev–Trinajstić information content (AvgIpc) is 2.47. The van der Waals surface area contributed by atoms with Crippen LogP contribution in [0.1, 0.15) is 11.1 Å². The first-order chi connectivity index (χ1) is 10.4. The molecule has 0 spiro atoms. The summed E-state index contributed by atoms with van der Waals surface area (Å²) in [6.45, 7) is 0. The highest BCUT2D eigenvalue weighted by Crippen LogP contribution is 2.34. The molecule has 0 radical (unpaired) electrons. The van der Waals surface area contributed by atoms with Crippen molar-refractivity contribution >= 4 is 17.6 Å². The van der Waals surface area contributed by atoms with Gasteiger partial charge in [0.1, 0.15) is 0 Å². The van der Waals surface area contributed by atoms with E-state index in [0.717, 1.165) is 6.07 Å². The number of anilines is 1. The largest absolute Gasteiger partial charge is 0.418 e. The quantitative estimate of drug-likeness (QED) is 0.526. The van der Waals surface area contributed by atoms with E-state index < -0.39 is 16.7 Å². The third-order valence-electron chi connectivity index (χ3n) is 2.71. The number of non-ortho nitro benzene ring substituents is 1. The van der Waals surface area contributed by atoms with E-state index in [-0.39, 0.29) is 11.4 Å². The zero-order valence-corrected chi connectivity index (χ0v) is 11.0. The Labute approximate surface area is 123 Å². The number of benzene rings is 2. The summed E-state index contributed by atoms with van der Waals surface area (Å²) in [4.78, 5) is 10.1. The van der Waals surface area contributed by atoms with Gasteiger partial charge in [-0.3, -0.25) is 15.5 Å². The number of hydrogen-bond donors (Lipinski definition) is 1. The molecule has 114 valence electrons. The van der Waals surface area contributed by atoms with Crippen LogP contribution < -0.4 is 5.43 Å². The lowest BCUT2D eigenvalue weighted by Crippen LogP contribution is -2.08. The van der Waals surface area contributed by atoms with Crippen LogP contribution in [-0.4, -0.2) is 11.1 Å². The van der Waals surface area contributed by atoms with Crippen molar-refractivity contribution in [1.82, 2.24) is 0 Å². The van der Waals surface area contributed by atoms with Crippen molar-refractivity contribution < 1.29 is 18.1 Å². The molecule has 5 nitrogen and oxygen atoms in total. The second-order valence-electron chi connectivity index (χ2n) is 4.27. The Kier molecular flexibility index (Phi) is 4.40. The van der Waals surface area contributed by atoms with Gasteiger partial charge >= 0.3 is 6.18 Å². The molecule has 0 unspecified atom stereocenters. The molecule has 0 heterocycles. The van der Waals surface area contributed by atoms with Gasteiger partial charge in [0, 0.05) is 17.7 Å². The van der Waals surface area contributed by atoms with Gasteiger partial charge in [-0.2, -0.15) is 18.3 Å². The summed E-state index contributed by atoms with van der Waals surface area (Å²) in [5, 5.41) is 14.3. The summed E-state index contributed by atoms with van der Waals surface area (Å²) >= 11 is 0. The van der Waals surface area contributed by atoms with Crippen LogP contribution in [0.15, 0.2) is 53.6 Å². The van der Waals surface area contributed by atoms with Gasteiger partial charge < -0.3 is 0 Å². The maximum absolute atomic E-state index is 12.8. The van der Waals surface area contributed by atoms with Crippen LogP contribution in [0.25, 0.3) is 0 Å². The van der Waals surface area contributed by atoms with Crippen molar-refractivity contribution in [2.45, 2.75) is 6.18 Å². The van der Waals surface area contributed by atoms with Gasteiger partial charge in [-0.05, 0) is 12.1 Å². The monoisotopic (exact) mass is 309 g/mol. The normalized spacial score (nSPS) is 11.6. The highest BCUT2D eigenvalue weighted by Gasteiger charge is 2.33. The molecule has 2 rings (SSSR count). The number of nitrogens with one attached hydrogen (secondary N) is 1. The van der Waals surface area contributed by atoms with Crippen molar-refractivity contribution in [2.75, 3.05) is 5.43 Å². The fourth-order valence-electron chi connectivity index (χ4n) is 1.72. The summed E-state index contributed by atoms with van der Waals surface area (Å²) < 4.78 is 38.3. The Morgan fingerprint density at radius 3 is 2.55 bits per heavy atom. The zero-order valence-electron chi connectivity index (χ0n) is 11.0. The fraction of sp³-hybridized carbons (Fsp3) is 0.0714. The van der Waals surface area contributed by atoms with E-state index in [1.54, 1.807) is 6.07 Å². The minimum Gasteiger partial charge on any atom is -0.278 e. The van der Waals surface area contributed by atoms with Crippen LogP contribution in [0.2, 0.25) is 0 Å². The first-order valence-electron chi connectivity index (χ1n) is 6.07. The van der Waals surface area contributed by atoms with Crippen LogP contribution in [0.4, 0.5) is 24.5 Å². The number of para-hydroxylation sites is 1. The Morgan fingerprint density at radius 1 is 1.14 bits per heavy atom. The number of hydrogen-bond acceptors (Lipinski definition) is 4. The van der Waals surface area contributed by atoms with Crippen molar-refractivity contribution in [3.8, 4) is 0 Å². The molecule has 0 aliphatic carbocycles. The fourth-order valence-corrected chi connectivity index (χ4v) is 1.72. The minimum absolute atomic E-state index is 0.125. The van der Waals surface area contributed by atoms with Crippen molar-refractivity contribution in [2.24, 2.45) is 5.10 Å². The van der Waals surface area contributed by atoms with Crippen LogP contribution in [0.3, 0.4) is 0 Å². The Bertz CT molecular complexity index is 714. The lowest BCUT2D eigenvalue weighted by atomic mass is 10.2. The lowest BCUT2D eigenvalue weighted by Gasteiger charge is -2.11. The van der Waals surface area contributed by atoms with Crippen LogP contribution in [0.5, 0.6) is 0 Å². The Balaban J connectivity index is 2.17. The first-order valence-corrected chi connectivity index (χ1v) is 6.07. The molecule has 0 amide bonds. The number of alkyl halides is 3. The van der Waals surface area contributed by atoms with E-state index in [9.17, 15) is 23.3 Å². The van der Waals surface area contributed by atoms with Gasteiger partial charge in [-0.15, -0.1) is 0 Å². The lowest BCUT2D eigenvalue weighted by molar-refractivity contribution is -0.384. The summed E-state index contributed by atoms with van der Waals surface area (Å²) in [6.07, 6.45) is -3.29. The number of hydrazone groups is 1. The first kappa shape index (κ1) is 15.5. The van der Waals surface area contributed by atoms with E-state index in [1.165, 1.54) is 42.6 Å². The van der Waals surface area contributed by atoms with Gasteiger partial charge in [-0.1, -0.05) is 24.3 Å². The van der Waals surface area contributed by atoms with Gasteiger partial charge in [0.25, 0.3) is 5.69 Å². The molecule has 0 saturated heterocycles. The average molecular weight is 309 g/mol. The minimum atomic E-state index is -4.50. The molecule has 0 saturated carbocycles. The van der Waals surface area contributed by atoms with Crippen LogP contribution in [-0.2, 0) is 6.18 Å². The molecule has 0 atom stereocenters. The van der Waals surface area contributed by atoms with Crippen LogP contribution in [0, 0.1) is 10.1 Å². The van der Waals surface area contributed by atoms with Crippen molar-refractivity contribution in [1.29, 1.82) is 0 Å². The van der Waals surface area contributed by atoms with Crippen molar-refractivity contribution in [3.63, 3.8) is 0 Å². The number of halogens is 3. The molecule has 2 aromatic carbocycles. The van der Waals surface area contributed by atoms with Crippen molar-refractivity contribution in [3.05, 3.63) is 69.8 Å². The van der Waals surface area contributed by atoms with E-state index >= 15 is 0 Å². The van der Waals surface area contributed by atoms with E-state index in [0.29, 0.717) is 5.56 Å².